The Kier molecular flexibility index (Phi) is 9.49. The van der Waals surface area contributed by atoms with Crippen molar-refractivity contribution in [3.8, 4) is 0 Å². The Morgan fingerprint density at radius 2 is 1.45 bits per heavy atom. The average molecular weight is 578 g/mol. The number of rotatable bonds is 11. The number of aryl methyl sites for hydroxylation is 1. The van der Waals surface area contributed by atoms with Gasteiger partial charge in [-0.05, 0) is 44.7 Å². The van der Waals surface area contributed by atoms with Crippen LogP contribution in [0.1, 0.15) is 47.0 Å². The van der Waals surface area contributed by atoms with Crippen molar-refractivity contribution in [2.75, 3.05) is 6.54 Å². The van der Waals surface area contributed by atoms with Gasteiger partial charge in [0.1, 0.15) is 24.2 Å². The molecule has 11 nitrogen and oxygen atoms in total. The van der Waals surface area contributed by atoms with Crippen molar-refractivity contribution in [3.05, 3.63) is 48.5 Å². The number of carboxylic acid groups (broad SMARTS) is 1. The Morgan fingerprint density at radius 3 is 2.02 bits per heavy atom. The fraction of sp³-hybridized carbons (Fsp3) is 0.452. The Balaban J connectivity index is 1.31. The number of fused-ring (bicyclic) bond motifs is 3. The van der Waals surface area contributed by atoms with E-state index in [1.807, 2.05) is 36.4 Å². The summed E-state index contributed by atoms with van der Waals surface area (Å²) < 4.78 is 2.10. The third kappa shape index (κ3) is 6.56. The van der Waals surface area contributed by atoms with Crippen LogP contribution in [0.3, 0.4) is 0 Å². The minimum absolute atomic E-state index is 0.160. The largest absolute Gasteiger partial charge is 0.480 e. The van der Waals surface area contributed by atoms with E-state index < -0.39 is 47.9 Å². The van der Waals surface area contributed by atoms with Crippen LogP contribution >= 0.6 is 0 Å². The molecule has 2 heterocycles. The highest BCUT2D eigenvalue weighted by molar-refractivity contribution is 6.08. The predicted molar refractivity (Wildman–Crippen MR) is 158 cm³/mol. The molecule has 2 aromatic carbocycles. The fourth-order valence-electron chi connectivity index (χ4n) is 5.55. The van der Waals surface area contributed by atoms with Crippen molar-refractivity contribution in [1.82, 2.24) is 25.4 Å². The third-order valence-corrected chi connectivity index (χ3v) is 7.81. The van der Waals surface area contributed by atoms with Gasteiger partial charge in [0.05, 0.1) is 0 Å². The Bertz CT molecular complexity index is 1440. The van der Waals surface area contributed by atoms with E-state index in [-0.39, 0.29) is 18.2 Å². The first kappa shape index (κ1) is 30.5. The molecule has 42 heavy (non-hydrogen) atoms. The van der Waals surface area contributed by atoms with Crippen molar-refractivity contribution >= 4 is 51.4 Å². The van der Waals surface area contributed by atoms with E-state index in [9.17, 15) is 29.1 Å². The van der Waals surface area contributed by atoms with Gasteiger partial charge in [0.15, 0.2) is 0 Å². The van der Waals surface area contributed by atoms with Crippen LogP contribution in [0.4, 0.5) is 0 Å². The molecular formula is C31H39N5O6. The molecule has 0 aliphatic carbocycles. The van der Waals surface area contributed by atoms with E-state index in [1.165, 1.54) is 11.8 Å². The topological polar surface area (TPSA) is 150 Å². The molecule has 0 spiro atoms. The van der Waals surface area contributed by atoms with E-state index in [0.29, 0.717) is 25.9 Å². The maximum Gasteiger partial charge on any atom is 0.326 e. The second kappa shape index (κ2) is 13.1. The van der Waals surface area contributed by atoms with E-state index in [0.717, 1.165) is 21.8 Å². The number of aromatic nitrogens is 1. The van der Waals surface area contributed by atoms with Crippen LogP contribution in [-0.4, -0.2) is 74.9 Å². The summed E-state index contributed by atoms with van der Waals surface area (Å²) in [6.07, 6.45) is 1.15. The van der Waals surface area contributed by atoms with Crippen molar-refractivity contribution in [2.24, 2.45) is 5.92 Å². The van der Waals surface area contributed by atoms with Crippen LogP contribution in [0.15, 0.2) is 48.5 Å². The van der Waals surface area contributed by atoms with Gasteiger partial charge < -0.3 is 30.5 Å². The van der Waals surface area contributed by atoms with Gasteiger partial charge in [-0.2, -0.15) is 0 Å². The molecule has 224 valence electrons. The van der Waals surface area contributed by atoms with Gasteiger partial charge in [-0.3, -0.25) is 19.2 Å². The lowest BCUT2D eigenvalue weighted by molar-refractivity contribution is -0.145. The number of carbonyl (C=O) groups is 5. The van der Waals surface area contributed by atoms with Gasteiger partial charge >= 0.3 is 5.97 Å². The quantitative estimate of drug-likeness (QED) is 0.275. The summed E-state index contributed by atoms with van der Waals surface area (Å²) in [5, 5.41) is 19.5. The first-order valence-corrected chi connectivity index (χ1v) is 14.4. The SMILES string of the molecule is CC(C)[C@H](NC(=O)[C@@H]1CCCN1C(=O)[C@H](C)NC(=O)[C@H](C)NC(=O)CCn1c2ccccc2c2ccccc21)C(=O)O. The van der Waals surface area contributed by atoms with E-state index >= 15 is 0 Å². The summed E-state index contributed by atoms with van der Waals surface area (Å²) in [5.74, 6) is -3.25. The zero-order chi connectivity index (χ0) is 30.6. The van der Waals surface area contributed by atoms with E-state index in [2.05, 4.69) is 32.7 Å². The lowest BCUT2D eigenvalue weighted by Crippen LogP contribution is -2.56. The average Bonchev–Trinajstić information content (AvgIpc) is 3.57. The van der Waals surface area contributed by atoms with Gasteiger partial charge in [-0.1, -0.05) is 50.2 Å². The number of hydrogen-bond donors (Lipinski definition) is 4. The van der Waals surface area contributed by atoms with Crippen LogP contribution in [0.25, 0.3) is 21.8 Å². The Morgan fingerprint density at radius 1 is 0.857 bits per heavy atom. The first-order chi connectivity index (χ1) is 20.0. The Labute approximate surface area is 244 Å². The maximum absolute atomic E-state index is 13.2. The predicted octanol–water partition coefficient (Wildman–Crippen LogP) is 2.41. The molecular weight excluding hydrogens is 538 g/mol. The lowest BCUT2D eigenvalue weighted by Gasteiger charge is -2.29. The third-order valence-electron chi connectivity index (χ3n) is 7.81. The van der Waals surface area contributed by atoms with E-state index in [4.69, 9.17) is 0 Å². The minimum atomic E-state index is -1.14. The molecule has 4 amide bonds. The lowest BCUT2D eigenvalue weighted by atomic mass is 10.0. The maximum atomic E-state index is 13.2. The molecule has 0 unspecified atom stereocenters. The minimum Gasteiger partial charge on any atom is -0.480 e. The van der Waals surface area contributed by atoms with Gasteiger partial charge in [0.25, 0.3) is 0 Å². The van der Waals surface area contributed by atoms with Gasteiger partial charge in [0.2, 0.25) is 23.6 Å². The van der Waals surface area contributed by atoms with Crippen LogP contribution in [0, 0.1) is 5.92 Å². The van der Waals surface area contributed by atoms with Crippen molar-refractivity contribution in [3.63, 3.8) is 0 Å². The normalized spacial score (nSPS) is 17.2. The van der Waals surface area contributed by atoms with Crippen molar-refractivity contribution < 1.29 is 29.1 Å². The number of benzene rings is 2. The smallest absolute Gasteiger partial charge is 0.326 e. The number of hydrogen-bond acceptors (Lipinski definition) is 5. The molecule has 0 bridgehead atoms. The van der Waals surface area contributed by atoms with Gasteiger partial charge in [-0.25, -0.2) is 4.79 Å². The second-order valence-corrected chi connectivity index (χ2v) is 11.2. The number of para-hydroxylation sites is 2. The standard InChI is InChI=1S/C31H39N5O6/c1-18(2)27(31(41)42)34-29(39)25-14-9-16-36(25)30(40)20(4)33-28(38)19(3)32-26(37)15-17-35-23-12-7-5-10-21(23)22-11-6-8-13-24(22)35/h5-8,10-13,18-20,25,27H,9,14-17H2,1-4H3,(H,32,37)(H,33,38)(H,34,39)(H,41,42)/t19-,20-,25-,27-/m0/s1. The van der Waals surface area contributed by atoms with Crippen molar-refractivity contribution in [2.45, 2.75) is 77.7 Å². The number of nitrogens with zero attached hydrogens (tertiary/aromatic N) is 2. The van der Waals surface area contributed by atoms with Crippen molar-refractivity contribution in [1.29, 1.82) is 0 Å². The molecule has 1 saturated heterocycles. The number of carbonyl (C=O) groups excluding carboxylic acids is 4. The molecule has 4 N–H and O–H groups in total. The summed E-state index contributed by atoms with van der Waals surface area (Å²) in [6.45, 7) is 7.22. The monoisotopic (exact) mass is 577 g/mol. The highest BCUT2D eigenvalue weighted by Gasteiger charge is 2.38. The highest BCUT2D eigenvalue weighted by atomic mass is 16.4. The molecule has 11 heteroatoms. The summed E-state index contributed by atoms with van der Waals surface area (Å²) >= 11 is 0. The fourth-order valence-corrected chi connectivity index (χ4v) is 5.55. The van der Waals surface area contributed by atoms with Gasteiger partial charge in [-0.15, -0.1) is 0 Å². The second-order valence-electron chi connectivity index (χ2n) is 11.2. The summed E-state index contributed by atoms with van der Waals surface area (Å²) in [5.41, 5.74) is 2.06. The molecule has 4 rings (SSSR count). The summed E-state index contributed by atoms with van der Waals surface area (Å²) in [4.78, 5) is 64.5. The Hall–Kier alpha value is -4.41. The van der Waals surface area contributed by atoms with Gasteiger partial charge in [0, 0.05) is 41.3 Å². The number of aliphatic carboxylic acids is 1. The summed E-state index contributed by atoms with van der Waals surface area (Å²) in [6, 6.07) is 12.3. The molecule has 1 aliphatic heterocycles. The number of carboxylic acids is 1. The van der Waals surface area contributed by atoms with E-state index in [1.54, 1.807) is 20.8 Å². The number of likely N-dealkylation sites (tertiary alicyclic amines) is 1. The van der Waals surface area contributed by atoms with Crippen LogP contribution < -0.4 is 16.0 Å². The highest BCUT2D eigenvalue weighted by Crippen LogP contribution is 2.28. The molecule has 3 aromatic rings. The number of nitrogens with one attached hydrogen (secondary N) is 3. The molecule has 4 atom stereocenters. The van der Waals surface area contributed by atoms with Crippen LogP contribution in [0.5, 0.6) is 0 Å². The molecule has 0 saturated carbocycles. The first-order valence-electron chi connectivity index (χ1n) is 14.4. The summed E-state index contributed by atoms with van der Waals surface area (Å²) in [7, 11) is 0. The zero-order valence-corrected chi connectivity index (χ0v) is 24.4. The molecule has 1 fully saturated rings. The zero-order valence-electron chi connectivity index (χ0n) is 24.4. The molecule has 1 aromatic heterocycles. The molecule has 0 radical (unpaired) electrons. The number of amides is 4. The molecule has 1 aliphatic rings. The van der Waals surface area contributed by atoms with Crippen LogP contribution in [-0.2, 0) is 30.5 Å². The van der Waals surface area contributed by atoms with Crippen LogP contribution in [0.2, 0.25) is 0 Å².